The van der Waals surface area contributed by atoms with Crippen molar-refractivity contribution in [1.82, 2.24) is 4.57 Å². The van der Waals surface area contributed by atoms with Gasteiger partial charge in [0, 0.05) is 38.9 Å². The molecule has 2 nitrogen and oxygen atoms in total. The molecule has 2 heteroatoms. The molecule has 196 valence electrons. The van der Waals surface area contributed by atoms with Gasteiger partial charge in [-0.3, -0.25) is 0 Å². The molecule has 0 saturated carbocycles. The second-order valence-electron chi connectivity index (χ2n) is 11.5. The molecule has 41 heavy (non-hydrogen) atoms. The second-order valence-corrected chi connectivity index (χ2v) is 11.5. The zero-order valence-electron chi connectivity index (χ0n) is 23.3. The van der Waals surface area contributed by atoms with Crippen molar-refractivity contribution in [2.24, 2.45) is 0 Å². The van der Waals surface area contributed by atoms with Crippen molar-refractivity contribution in [2.75, 3.05) is 4.90 Å². The molecule has 0 unspecified atom stereocenters. The first-order valence-corrected chi connectivity index (χ1v) is 14.3. The van der Waals surface area contributed by atoms with Gasteiger partial charge < -0.3 is 9.47 Å². The number of benzene rings is 6. The Kier molecular flexibility index (Phi) is 5.20. The van der Waals surface area contributed by atoms with Crippen LogP contribution < -0.4 is 4.90 Å². The molecular formula is C39H30N2. The normalized spacial score (nSPS) is 13.3. The Hall–Kier alpha value is -5.08. The summed E-state index contributed by atoms with van der Waals surface area (Å²) in [6.45, 7) is 4.67. The van der Waals surface area contributed by atoms with Crippen LogP contribution in [-0.4, -0.2) is 4.57 Å². The van der Waals surface area contributed by atoms with Crippen molar-refractivity contribution in [1.29, 1.82) is 0 Å². The van der Waals surface area contributed by atoms with Gasteiger partial charge in [-0.15, -0.1) is 0 Å². The van der Waals surface area contributed by atoms with Gasteiger partial charge in [-0.05, 0) is 82.9 Å². The summed E-state index contributed by atoms with van der Waals surface area (Å²) in [5.74, 6) is 0. The summed E-state index contributed by atoms with van der Waals surface area (Å²) in [6, 6.07) is 52.8. The molecule has 1 aliphatic rings. The molecule has 0 atom stereocenters. The van der Waals surface area contributed by atoms with Gasteiger partial charge in [-0.25, -0.2) is 0 Å². The summed E-state index contributed by atoms with van der Waals surface area (Å²) in [7, 11) is 0. The minimum atomic E-state index is -0.00794. The Labute approximate surface area is 240 Å². The van der Waals surface area contributed by atoms with Crippen LogP contribution in [0.25, 0.3) is 38.6 Å². The zero-order valence-corrected chi connectivity index (χ0v) is 23.3. The summed E-state index contributed by atoms with van der Waals surface area (Å²) in [5, 5.41) is 2.55. The maximum atomic E-state index is 2.37. The van der Waals surface area contributed by atoms with Gasteiger partial charge >= 0.3 is 0 Å². The maximum Gasteiger partial charge on any atom is 0.0541 e. The molecule has 7 aromatic rings. The number of hydrogen-bond acceptors (Lipinski definition) is 1. The zero-order chi connectivity index (χ0) is 27.6. The third kappa shape index (κ3) is 3.57. The minimum absolute atomic E-state index is 0.00794. The van der Waals surface area contributed by atoms with Crippen LogP contribution in [0.2, 0.25) is 0 Å². The van der Waals surface area contributed by atoms with Gasteiger partial charge in [-0.1, -0.05) is 98.8 Å². The Morgan fingerprint density at radius 2 is 1.00 bits per heavy atom. The molecule has 0 fully saturated rings. The van der Waals surface area contributed by atoms with Crippen LogP contribution in [0.15, 0.2) is 146 Å². The molecule has 1 aromatic heterocycles. The number of aromatic nitrogens is 1. The van der Waals surface area contributed by atoms with Crippen molar-refractivity contribution in [3.8, 4) is 16.8 Å². The van der Waals surface area contributed by atoms with E-state index in [0.29, 0.717) is 0 Å². The Bertz CT molecular complexity index is 2010. The van der Waals surface area contributed by atoms with E-state index in [9.17, 15) is 0 Å². The largest absolute Gasteiger partial charge is 0.310 e. The van der Waals surface area contributed by atoms with Crippen LogP contribution in [0.1, 0.15) is 25.0 Å². The molecule has 0 radical (unpaired) electrons. The van der Waals surface area contributed by atoms with Gasteiger partial charge in [0.15, 0.2) is 0 Å². The van der Waals surface area contributed by atoms with Gasteiger partial charge in [0.05, 0.1) is 11.0 Å². The Morgan fingerprint density at radius 1 is 0.463 bits per heavy atom. The first-order valence-electron chi connectivity index (χ1n) is 14.3. The SMILES string of the molecule is CC1(C)c2ccccc2-c2cc(N(c3ccccc3)c3ccc(-n4c5ccccc5c5ccccc54)cc3)ccc21. The minimum Gasteiger partial charge on any atom is -0.310 e. The van der Waals surface area contributed by atoms with Crippen LogP contribution in [-0.2, 0) is 5.41 Å². The third-order valence-electron chi connectivity index (χ3n) is 8.79. The van der Waals surface area contributed by atoms with Crippen LogP contribution in [0.4, 0.5) is 17.1 Å². The van der Waals surface area contributed by atoms with E-state index in [1.807, 2.05) is 0 Å². The predicted molar refractivity (Wildman–Crippen MR) is 173 cm³/mol. The van der Waals surface area contributed by atoms with E-state index in [1.54, 1.807) is 0 Å². The first kappa shape index (κ1) is 23.8. The number of hydrogen-bond donors (Lipinski definition) is 0. The van der Waals surface area contributed by atoms with Gasteiger partial charge in [-0.2, -0.15) is 0 Å². The average Bonchev–Trinajstić information content (AvgIpc) is 3.47. The molecular weight excluding hydrogens is 496 g/mol. The summed E-state index contributed by atoms with van der Waals surface area (Å²) < 4.78 is 2.37. The highest BCUT2D eigenvalue weighted by molar-refractivity contribution is 6.09. The standard InChI is InChI=1S/C39H30N2/c1-39(2)35-17-9-6-14-31(35)34-26-30(24-25-36(34)39)40(27-12-4-3-5-13-27)28-20-22-29(23-21-28)41-37-18-10-7-15-32(37)33-16-8-11-19-38(33)41/h3-26H,1-2H3. The van der Waals surface area contributed by atoms with Gasteiger partial charge in [0.2, 0.25) is 0 Å². The van der Waals surface area contributed by atoms with Crippen molar-refractivity contribution >= 4 is 38.9 Å². The fourth-order valence-corrected chi connectivity index (χ4v) is 6.82. The summed E-state index contributed by atoms with van der Waals surface area (Å²) >= 11 is 0. The Morgan fingerprint density at radius 3 is 1.71 bits per heavy atom. The van der Waals surface area contributed by atoms with Crippen molar-refractivity contribution in [3.63, 3.8) is 0 Å². The van der Waals surface area contributed by atoms with E-state index in [0.717, 1.165) is 22.7 Å². The summed E-state index contributed by atoms with van der Waals surface area (Å²) in [4.78, 5) is 2.36. The smallest absolute Gasteiger partial charge is 0.0541 e. The fraction of sp³-hybridized carbons (Fsp3) is 0.0769. The topological polar surface area (TPSA) is 8.17 Å². The van der Waals surface area contributed by atoms with E-state index >= 15 is 0 Å². The molecule has 0 N–H and O–H groups in total. The maximum absolute atomic E-state index is 2.37. The lowest BCUT2D eigenvalue weighted by Crippen LogP contribution is -2.15. The van der Waals surface area contributed by atoms with E-state index in [-0.39, 0.29) is 5.41 Å². The van der Waals surface area contributed by atoms with Crippen molar-refractivity contribution < 1.29 is 0 Å². The van der Waals surface area contributed by atoms with Crippen LogP contribution in [0, 0.1) is 0 Å². The fourth-order valence-electron chi connectivity index (χ4n) is 6.82. The second kappa shape index (κ2) is 8.97. The summed E-state index contributed by atoms with van der Waals surface area (Å²) in [6.07, 6.45) is 0. The van der Waals surface area contributed by atoms with Crippen LogP contribution >= 0.6 is 0 Å². The lowest BCUT2D eigenvalue weighted by molar-refractivity contribution is 0.660. The molecule has 0 bridgehead atoms. The average molecular weight is 527 g/mol. The number of fused-ring (bicyclic) bond motifs is 6. The van der Waals surface area contributed by atoms with E-state index in [2.05, 4.69) is 169 Å². The molecule has 0 aliphatic heterocycles. The van der Waals surface area contributed by atoms with Gasteiger partial charge in [0.1, 0.15) is 0 Å². The molecule has 0 spiro atoms. The number of anilines is 3. The van der Waals surface area contributed by atoms with E-state index in [4.69, 9.17) is 0 Å². The van der Waals surface area contributed by atoms with Crippen LogP contribution in [0.3, 0.4) is 0 Å². The van der Waals surface area contributed by atoms with Crippen molar-refractivity contribution in [3.05, 3.63) is 157 Å². The molecule has 0 amide bonds. The quantitative estimate of drug-likeness (QED) is 0.221. The van der Waals surface area contributed by atoms with Crippen LogP contribution in [0.5, 0.6) is 0 Å². The van der Waals surface area contributed by atoms with Gasteiger partial charge in [0.25, 0.3) is 0 Å². The molecule has 1 aliphatic carbocycles. The highest BCUT2D eigenvalue weighted by Crippen LogP contribution is 2.50. The third-order valence-corrected chi connectivity index (χ3v) is 8.79. The number of nitrogens with zero attached hydrogens (tertiary/aromatic N) is 2. The Balaban J connectivity index is 1.28. The first-order chi connectivity index (χ1) is 20.1. The van der Waals surface area contributed by atoms with E-state index < -0.39 is 0 Å². The number of para-hydroxylation sites is 3. The highest BCUT2D eigenvalue weighted by Gasteiger charge is 2.35. The monoisotopic (exact) mass is 526 g/mol. The highest BCUT2D eigenvalue weighted by atomic mass is 15.1. The molecule has 6 aromatic carbocycles. The molecule has 1 heterocycles. The molecule has 0 saturated heterocycles. The summed E-state index contributed by atoms with van der Waals surface area (Å²) in [5.41, 5.74) is 12.5. The van der Waals surface area contributed by atoms with E-state index in [1.165, 1.54) is 44.1 Å². The lowest BCUT2D eigenvalue weighted by Gasteiger charge is -2.27. The lowest BCUT2D eigenvalue weighted by atomic mass is 9.82. The number of rotatable bonds is 4. The molecule has 8 rings (SSSR count). The van der Waals surface area contributed by atoms with Crippen molar-refractivity contribution in [2.45, 2.75) is 19.3 Å². The predicted octanol–water partition coefficient (Wildman–Crippen LogP) is 10.6.